The first kappa shape index (κ1) is 28.1. The van der Waals surface area contributed by atoms with Gasteiger partial charge in [-0.25, -0.2) is 13.2 Å². The van der Waals surface area contributed by atoms with Crippen LogP contribution in [0.5, 0.6) is 6.01 Å². The van der Waals surface area contributed by atoms with Crippen LogP contribution in [0.3, 0.4) is 0 Å². The minimum atomic E-state index is -0.915. The first-order valence-electron chi connectivity index (χ1n) is 14.8. The van der Waals surface area contributed by atoms with Crippen molar-refractivity contribution in [2.24, 2.45) is 0 Å². The van der Waals surface area contributed by atoms with E-state index in [9.17, 15) is 14.0 Å². The number of rotatable bonds is 5. The predicted octanol–water partition coefficient (Wildman–Crippen LogP) is 5.79. The van der Waals surface area contributed by atoms with Crippen molar-refractivity contribution in [3.05, 3.63) is 40.4 Å². The molecule has 4 fully saturated rings. The van der Waals surface area contributed by atoms with Crippen LogP contribution in [0, 0.1) is 23.0 Å². The number of anilines is 2. The molecule has 2 aromatic carbocycles. The summed E-state index contributed by atoms with van der Waals surface area (Å²) in [5.41, 5.74) is 5.93. The molecule has 44 heavy (non-hydrogen) atoms. The molecule has 1 spiro atoms. The summed E-state index contributed by atoms with van der Waals surface area (Å²) in [4.78, 5) is 13.6. The number of aromatic nitrogens is 2. The van der Waals surface area contributed by atoms with Crippen molar-refractivity contribution in [3.8, 4) is 23.2 Å². The Kier molecular flexibility index (Phi) is 6.44. The number of hydrogen-bond donors (Lipinski definition) is 2. The molecule has 0 bridgehead atoms. The van der Waals surface area contributed by atoms with E-state index in [1.54, 1.807) is 6.07 Å². The summed E-state index contributed by atoms with van der Waals surface area (Å²) >= 11 is 7.75. The molecule has 1 unspecified atom stereocenters. The normalized spacial score (nSPS) is 26.5. The summed E-state index contributed by atoms with van der Waals surface area (Å²) in [6.45, 7) is 3.75. The standard InChI is InChI=1S/C31H29ClF3N7OS/c32-20-10-18-25(24(35)23(20)17-2-3-21(34)26-22(17)19(12-36)27(37)44-26)39-29(40-28(18)41-9-6-30(14-41)5-7-38-30)43-15-31-4-1-8-42(31)13-16(33)11-31/h2-3,10,16,38H,1,4-9,11,13-15,37H2/t16-,30+,31?/m1/s1. The number of halogens is 4. The van der Waals surface area contributed by atoms with E-state index in [1.807, 2.05) is 6.07 Å². The number of nitriles is 1. The highest BCUT2D eigenvalue weighted by atomic mass is 35.5. The highest BCUT2D eigenvalue weighted by Gasteiger charge is 2.49. The number of nitrogen functional groups attached to an aromatic ring is 1. The van der Waals surface area contributed by atoms with Gasteiger partial charge in [-0.2, -0.15) is 15.2 Å². The van der Waals surface area contributed by atoms with Crippen LogP contribution in [0.4, 0.5) is 24.0 Å². The van der Waals surface area contributed by atoms with Gasteiger partial charge in [0.1, 0.15) is 41.0 Å². The van der Waals surface area contributed by atoms with E-state index < -0.39 is 23.3 Å². The van der Waals surface area contributed by atoms with Gasteiger partial charge < -0.3 is 20.7 Å². The Balaban J connectivity index is 1.28. The van der Waals surface area contributed by atoms with Gasteiger partial charge in [0.15, 0.2) is 5.82 Å². The third kappa shape index (κ3) is 4.16. The second-order valence-corrected chi connectivity index (χ2v) is 14.0. The fourth-order valence-corrected chi connectivity index (χ4v) is 8.99. The summed E-state index contributed by atoms with van der Waals surface area (Å²) in [5.74, 6) is -0.779. The molecular weight excluding hydrogens is 611 g/mol. The number of ether oxygens (including phenoxy) is 1. The number of benzene rings is 2. The van der Waals surface area contributed by atoms with E-state index in [-0.39, 0.29) is 60.5 Å². The van der Waals surface area contributed by atoms with Gasteiger partial charge in [-0.3, -0.25) is 4.90 Å². The van der Waals surface area contributed by atoms with Crippen LogP contribution < -0.4 is 20.7 Å². The molecule has 0 amide bonds. The largest absolute Gasteiger partial charge is 0.461 e. The Hall–Kier alpha value is -3.37. The summed E-state index contributed by atoms with van der Waals surface area (Å²) in [7, 11) is 0. The van der Waals surface area contributed by atoms with Gasteiger partial charge in [0, 0.05) is 47.9 Å². The first-order valence-corrected chi connectivity index (χ1v) is 16.0. The molecule has 4 aromatic rings. The number of alkyl halides is 1. The number of nitrogens with zero attached hydrogens (tertiary/aromatic N) is 5. The average Bonchev–Trinajstić information content (AvgIpc) is 3.74. The molecule has 228 valence electrons. The topological polar surface area (TPSA) is 103 Å². The predicted molar refractivity (Wildman–Crippen MR) is 165 cm³/mol. The van der Waals surface area contributed by atoms with Gasteiger partial charge in [0.2, 0.25) is 0 Å². The minimum absolute atomic E-state index is 0.00155. The van der Waals surface area contributed by atoms with Gasteiger partial charge >= 0.3 is 6.01 Å². The smallest absolute Gasteiger partial charge is 0.319 e. The van der Waals surface area contributed by atoms with E-state index >= 15 is 4.39 Å². The maximum atomic E-state index is 16.8. The van der Waals surface area contributed by atoms with Crippen molar-refractivity contribution in [3.63, 3.8) is 0 Å². The molecule has 3 N–H and O–H groups in total. The molecule has 8 rings (SSSR count). The maximum absolute atomic E-state index is 16.8. The maximum Gasteiger partial charge on any atom is 0.319 e. The number of fused-ring (bicyclic) bond motifs is 3. The van der Waals surface area contributed by atoms with Crippen LogP contribution in [-0.2, 0) is 0 Å². The van der Waals surface area contributed by atoms with Crippen molar-refractivity contribution in [1.82, 2.24) is 20.2 Å². The van der Waals surface area contributed by atoms with Crippen molar-refractivity contribution >= 4 is 54.7 Å². The molecule has 0 radical (unpaired) electrons. The summed E-state index contributed by atoms with van der Waals surface area (Å²) < 4.78 is 52.5. The minimum Gasteiger partial charge on any atom is -0.461 e. The Bertz CT molecular complexity index is 1890. The molecule has 2 aromatic heterocycles. The quantitative estimate of drug-likeness (QED) is 0.283. The Morgan fingerprint density at radius 3 is 2.82 bits per heavy atom. The third-order valence-corrected chi connectivity index (χ3v) is 11.4. The van der Waals surface area contributed by atoms with Crippen molar-refractivity contribution in [2.45, 2.75) is 49.4 Å². The highest BCUT2D eigenvalue weighted by molar-refractivity contribution is 7.23. The van der Waals surface area contributed by atoms with Crippen LogP contribution in [0.15, 0.2) is 18.2 Å². The third-order valence-electron chi connectivity index (χ3n) is 10.0. The lowest BCUT2D eigenvalue weighted by Gasteiger charge is -2.39. The summed E-state index contributed by atoms with van der Waals surface area (Å²) in [6, 6.07) is 6.30. The van der Waals surface area contributed by atoms with Gasteiger partial charge in [-0.15, -0.1) is 11.3 Å². The number of nitrogens with two attached hydrogens (primary N) is 1. The lowest BCUT2D eigenvalue weighted by molar-refractivity contribution is 0.107. The van der Waals surface area contributed by atoms with Gasteiger partial charge in [-0.1, -0.05) is 17.7 Å². The van der Waals surface area contributed by atoms with Crippen molar-refractivity contribution in [2.75, 3.05) is 50.0 Å². The number of nitrogens with one attached hydrogen (secondary N) is 1. The Morgan fingerprint density at radius 2 is 2.07 bits per heavy atom. The summed E-state index contributed by atoms with van der Waals surface area (Å²) in [6.07, 6.45) is 3.21. The zero-order valence-electron chi connectivity index (χ0n) is 23.7. The fourth-order valence-electron chi connectivity index (χ4n) is 7.75. The van der Waals surface area contributed by atoms with Crippen LogP contribution in [0.25, 0.3) is 32.1 Å². The van der Waals surface area contributed by atoms with Crippen LogP contribution in [0.2, 0.25) is 5.02 Å². The summed E-state index contributed by atoms with van der Waals surface area (Å²) in [5, 5.41) is 14.2. The van der Waals surface area contributed by atoms with E-state index in [4.69, 9.17) is 27.1 Å². The van der Waals surface area contributed by atoms with E-state index in [0.29, 0.717) is 37.3 Å². The molecule has 4 aliphatic heterocycles. The molecule has 13 heteroatoms. The fraction of sp³-hybridized carbons (Fsp3) is 0.452. The van der Waals surface area contributed by atoms with Crippen molar-refractivity contribution < 1.29 is 17.9 Å². The Labute approximate surface area is 260 Å². The average molecular weight is 640 g/mol. The molecule has 8 nitrogen and oxygen atoms in total. The van der Waals surface area contributed by atoms with Gasteiger partial charge in [0.05, 0.1) is 20.8 Å². The van der Waals surface area contributed by atoms with Gasteiger partial charge in [-0.05, 0) is 56.5 Å². The first-order chi connectivity index (χ1) is 21.2. The lowest BCUT2D eigenvalue weighted by Crippen LogP contribution is -2.58. The molecular formula is C31H29ClF3N7OS. The zero-order valence-corrected chi connectivity index (χ0v) is 25.3. The second-order valence-electron chi connectivity index (χ2n) is 12.5. The highest BCUT2D eigenvalue weighted by Crippen LogP contribution is 2.47. The lowest BCUT2D eigenvalue weighted by atomic mass is 9.87. The molecule has 0 saturated carbocycles. The monoisotopic (exact) mass is 639 g/mol. The molecule has 4 aliphatic rings. The van der Waals surface area contributed by atoms with E-state index in [0.717, 1.165) is 50.1 Å². The SMILES string of the molecule is N#Cc1c(N)sc2c(F)ccc(-c3c(Cl)cc4c(N5CC[C@@]6(CCN6)C5)nc(OCC56CCCN5C[C@H](F)C6)nc4c3F)c12. The second kappa shape index (κ2) is 10.1. The zero-order chi connectivity index (χ0) is 30.4. The van der Waals surface area contributed by atoms with Crippen LogP contribution in [0.1, 0.15) is 37.7 Å². The molecule has 6 heterocycles. The van der Waals surface area contributed by atoms with E-state index in [2.05, 4.69) is 20.1 Å². The molecule has 0 aliphatic carbocycles. The van der Waals surface area contributed by atoms with Crippen LogP contribution >= 0.6 is 22.9 Å². The van der Waals surface area contributed by atoms with E-state index in [1.165, 1.54) is 12.1 Å². The number of hydrogen-bond acceptors (Lipinski definition) is 9. The van der Waals surface area contributed by atoms with Gasteiger partial charge in [0.25, 0.3) is 0 Å². The van der Waals surface area contributed by atoms with Crippen molar-refractivity contribution in [1.29, 1.82) is 5.26 Å². The number of thiophene rings is 1. The molecule has 4 saturated heterocycles. The van der Waals surface area contributed by atoms with Crippen LogP contribution in [-0.4, -0.2) is 71.4 Å². The molecule has 3 atom stereocenters. The Morgan fingerprint density at radius 1 is 1.23 bits per heavy atom.